The molecule has 0 radical (unpaired) electrons. The van der Waals surface area contributed by atoms with Crippen LogP contribution in [0.5, 0.6) is 5.88 Å². The van der Waals surface area contributed by atoms with Gasteiger partial charge in [0.25, 0.3) is 0 Å². The van der Waals surface area contributed by atoms with Crippen LogP contribution in [0, 0.1) is 0 Å². The molecular weight excluding hydrogens is 214 g/mol. The standard InChI is InChI=1S/C10H14ClN3O/c1-3-15-9-7-6-14(2)5-4-8(7)12-10(11)13-9/h3-6H2,1-2H3. The molecular formula is C10H14ClN3O. The van der Waals surface area contributed by atoms with Crippen LogP contribution in [0.25, 0.3) is 0 Å². The fourth-order valence-electron chi connectivity index (χ4n) is 1.75. The zero-order valence-electron chi connectivity index (χ0n) is 8.96. The van der Waals surface area contributed by atoms with Crippen LogP contribution >= 0.6 is 11.6 Å². The fourth-order valence-corrected chi connectivity index (χ4v) is 1.92. The van der Waals surface area contributed by atoms with E-state index in [-0.39, 0.29) is 5.28 Å². The van der Waals surface area contributed by atoms with E-state index < -0.39 is 0 Å². The molecule has 0 N–H and O–H groups in total. The number of hydrogen-bond donors (Lipinski definition) is 0. The van der Waals surface area contributed by atoms with Crippen molar-refractivity contribution in [1.29, 1.82) is 0 Å². The van der Waals surface area contributed by atoms with Crippen LogP contribution in [0.4, 0.5) is 0 Å². The number of aromatic nitrogens is 2. The van der Waals surface area contributed by atoms with Crippen molar-refractivity contribution in [2.24, 2.45) is 0 Å². The minimum atomic E-state index is 0.279. The molecule has 0 aliphatic carbocycles. The zero-order valence-corrected chi connectivity index (χ0v) is 9.71. The summed E-state index contributed by atoms with van der Waals surface area (Å²) >= 11 is 5.84. The summed E-state index contributed by atoms with van der Waals surface area (Å²) in [5.41, 5.74) is 2.10. The van der Waals surface area contributed by atoms with Crippen LogP contribution < -0.4 is 4.74 Å². The Morgan fingerprint density at radius 1 is 1.47 bits per heavy atom. The Kier molecular flexibility index (Phi) is 3.07. The molecule has 0 saturated heterocycles. The summed E-state index contributed by atoms with van der Waals surface area (Å²) in [7, 11) is 2.08. The highest BCUT2D eigenvalue weighted by Crippen LogP contribution is 2.26. The van der Waals surface area contributed by atoms with Crippen LogP contribution in [0.3, 0.4) is 0 Å². The highest BCUT2D eigenvalue weighted by Gasteiger charge is 2.20. The predicted octanol–water partition coefficient (Wildman–Crippen LogP) is 1.52. The summed E-state index contributed by atoms with van der Waals surface area (Å²) in [6, 6.07) is 0. The monoisotopic (exact) mass is 227 g/mol. The van der Waals surface area contributed by atoms with E-state index in [1.807, 2.05) is 6.92 Å². The van der Waals surface area contributed by atoms with E-state index in [9.17, 15) is 0 Å². The third-order valence-corrected chi connectivity index (χ3v) is 2.64. The molecule has 0 aromatic carbocycles. The maximum Gasteiger partial charge on any atom is 0.225 e. The lowest BCUT2D eigenvalue weighted by Crippen LogP contribution is -2.28. The summed E-state index contributed by atoms with van der Waals surface area (Å²) in [6.45, 7) is 4.38. The van der Waals surface area contributed by atoms with E-state index in [0.717, 1.165) is 30.8 Å². The Hall–Kier alpha value is -0.870. The first-order valence-corrected chi connectivity index (χ1v) is 5.45. The maximum atomic E-state index is 5.84. The molecule has 0 saturated carbocycles. The SMILES string of the molecule is CCOc1nc(Cl)nc2c1CN(C)CC2. The number of rotatable bonds is 2. The van der Waals surface area contributed by atoms with Gasteiger partial charge in [-0.15, -0.1) is 0 Å². The minimum absolute atomic E-state index is 0.279. The van der Waals surface area contributed by atoms with Crippen molar-refractivity contribution < 1.29 is 4.74 Å². The third kappa shape index (κ3) is 2.21. The molecule has 0 bridgehead atoms. The summed E-state index contributed by atoms with van der Waals surface area (Å²) < 4.78 is 5.47. The maximum absolute atomic E-state index is 5.84. The highest BCUT2D eigenvalue weighted by atomic mass is 35.5. The van der Waals surface area contributed by atoms with E-state index in [0.29, 0.717) is 12.5 Å². The summed E-state index contributed by atoms with van der Waals surface area (Å²) in [6.07, 6.45) is 0.911. The highest BCUT2D eigenvalue weighted by molar-refractivity contribution is 6.28. The first-order valence-electron chi connectivity index (χ1n) is 5.07. The summed E-state index contributed by atoms with van der Waals surface area (Å²) in [5.74, 6) is 0.638. The number of fused-ring (bicyclic) bond motifs is 1. The Morgan fingerprint density at radius 3 is 3.00 bits per heavy atom. The lowest BCUT2D eigenvalue weighted by Gasteiger charge is -2.25. The Morgan fingerprint density at radius 2 is 2.27 bits per heavy atom. The smallest absolute Gasteiger partial charge is 0.225 e. The molecule has 0 atom stereocenters. The Balaban J connectivity index is 2.40. The molecule has 1 aliphatic heterocycles. The van der Waals surface area contributed by atoms with Gasteiger partial charge >= 0.3 is 0 Å². The van der Waals surface area contributed by atoms with Gasteiger partial charge in [-0.3, -0.25) is 0 Å². The molecule has 0 spiro atoms. The minimum Gasteiger partial charge on any atom is -0.478 e. The lowest BCUT2D eigenvalue weighted by molar-refractivity contribution is 0.279. The largest absolute Gasteiger partial charge is 0.478 e. The zero-order chi connectivity index (χ0) is 10.8. The second-order valence-electron chi connectivity index (χ2n) is 3.64. The second kappa shape index (κ2) is 4.33. The summed E-state index contributed by atoms with van der Waals surface area (Å²) in [5, 5.41) is 0.279. The van der Waals surface area contributed by atoms with Gasteiger partial charge < -0.3 is 9.64 Å². The molecule has 4 nitrogen and oxygen atoms in total. The van der Waals surface area contributed by atoms with E-state index in [4.69, 9.17) is 16.3 Å². The topological polar surface area (TPSA) is 38.3 Å². The van der Waals surface area contributed by atoms with Crippen molar-refractivity contribution >= 4 is 11.6 Å². The van der Waals surface area contributed by atoms with E-state index in [1.54, 1.807) is 0 Å². The van der Waals surface area contributed by atoms with Gasteiger partial charge in [-0.25, -0.2) is 4.98 Å². The van der Waals surface area contributed by atoms with Gasteiger partial charge in [0.2, 0.25) is 11.2 Å². The molecule has 5 heteroatoms. The van der Waals surface area contributed by atoms with Crippen LogP contribution in [0.15, 0.2) is 0 Å². The van der Waals surface area contributed by atoms with Gasteiger partial charge in [-0.2, -0.15) is 4.98 Å². The molecule has 2 rings (SSSR count). The van der Waals surface area contributed by atoms with Crippen molar-refractivity contribution in [2.75, 3.05) is 20.2 Å². The molecule has 1 aromatic rings. The molecule has 1 aliphatic rings. The molecule has 82 valence electrons. The van der Waals surface area contributed by atoms with E-state index in [1.165, 1.54) is 0 Å². The Labute approximate surface area is 94.2 Å². The third-order valence-electron chi connectivity index (χ3n) is 2.47. The van der Waals surface area contributed by atoms with Gasteiger partial charge in [0.1, 0.15) is 0 Å². The number of likely N-dealkylation sites (N-methyl/N-ethyl adjacent to an activating group) is 1. The first-order chi connectivity index (χ1) is 7.20. The van der Waals surface area contributed by atoms with Crippen molar-refractivity contribution in [1.82, 2.24) is 14.9 Å². The molecule has 0 fully saturated rings. The van der Waals surface area contributed by atoms with Gasteiger partial charge in [-0.1, -0.05) is 0 Å². The molecule has 0 amide bonds. The normalized spacial score (nSPS) is 16.2. The average Bonchev–Trinajstić information content (AvgIpc) is 2.19. The molecule has 0 unspecified atom stereocenters. The quantitative estimate of drug-likeness (QED) is 0.718. The van der Waals surface area contributed by atoms with E-state index >= 15 is 0 Å². The number of hydrogen-bond acceptors (Lipinski definition) is 4. The summed E-state index contributed by atoms with van der Waals surface area (Å²) in [4.78, 5) is 10.6. The fraction of sp³-hybridized carbons (Fsp3) is 0.600. The number of halogens is 1. The van der Waals surface area contributed by atoms with Gasteiger partial charge in [-0.05, 0) is 25.6 Å². The van der Waals surface area contributed by atoms with Crippen LogP contribution in [-0.2, 0) is 13.0 Å². The molecule has 15 heavy (non-hydrogen) atoms. The Bertz CT molecular complexity index is 370. The average molecular weight is 228 g/mol. The molecule has 1 aromatic heterocycles. The van der Waals surface area contributed by atoms with Crippen molar-refractivity contribution in [3.63, 3.8) is 0 Å². The van der Waals surface area contributed by atoms with Crippen LogP contribution in [0.2, 0.25) is 5.28 Å². The van der Waals surface area contributed by atoms with Gasteiger partial charge in [0.05, 0.1) is 12.3 Å². The number of ether oxygens (including phenoxy) is 1. The first kappa shape index (κ1) is 10.6. The van der Waals surface area contributed by atoms with E-state index in [2.05, 4.69) is 21.9 Å². The van der Waals surface area contributed by atoms with Crippen LogP contribution in [0.1, 0.15) is 18.2 Å². The van der Waals surface area contributed by atoms with Gasteiger partial charge in [0.15, 0.2) is 0 Å². The number of nitrogens with zero attached hydrogens (tertiary/aromatic N) is 3. The second-order valence-corrected chi connectivity index (χ2v) is 3.98. The van der Waals surface area contributed by atoms with Crippen molar-refractivity contribution in [2.45, 2.75) is 19.9 Å². The van der Waals surface area contributed by atoms with Crippen molar-refractivity contribution in [3.8, 4) is 5.88 Å². The molecule has 2 heterocycles. The van der Waals surface area contributed by atoms with Crippen molar-refractivity contribution in [3.05, 3.63) is 16.5 Å². The predicted molar refractivity (Wildman–Crippen MR) is 58.2 cm³/mol. The van der Waals surface area contributed by atoms with Crippen LogP contribution in [-0.4, -0.2) is 35.1 Å². The van der Waals surface area contributed by atoms with Gasteiger partial charge in [0, 0.05) is 25.1 Å². The lowest BCUT2D eigenvalue weighted by atomic mass is 10.1.